The lowest BCUT2D eigenvalue weighted by atomic mass is 10.0. The lowest BCUT2D eigenvalue weighted by Gasteiger charge is -2.14. The number of methoxy groups -OCH3 is 1. The zero-order valence-corrected chi connectivity index (χ0v) is 5.76. The molecule has 0 spiro atoms. The van der Waals surface area contributed by atoms with E-state index in [0.29, 0.717) is 6.10 Å². The van der Waals surface area contributed by atoms with Crippen LogP contribution in [0.4, 0.5) is 0 Å². The van der Waals surface area contributed by atoms with Gasteiger partial charge in [0.05, 0.1) is 6.10 Å². The van der Waals surface area contributed by atoms with Crippen molar-refractivity contribution in [3.63, 3.8) is 0 Å². The topological polar surface area (TPSA) is 9.23 Å². The minimum atomic E-state index is 0.329. The van der Waals surface area contributed by atoms with Crippen LogP contribution in [0.5, 0.6) is 0 Å². The first kappa shape index (κ1) is 6.56. The van der Waals surface area contributed by atoms with Crippen LogP contribution in [0.15, 0.2) is 24.3 Å². The van der Waals surface area contributed by atoms with Gasteiger partial charge in [-0.3, -0.25) is 0 Å². The molecule has 0 heterocycles. The highest BCUT2D eigenvalue weighted by Crippen LogP contribution is 2.15. The van der Waals surface area contributed by atoms with Crippen LogP contribution in [0.2, 0.25) is 0 Å². The second-order valence-electron chi connectivity index (χ2n) is 2.33. The average molecular weight is 124 g/mol. The maximum Gasteiger partial charge on any atom is 0.0758 e. The fourth-order valence-corrected chi connectivity index (χ4v) is 0.947. The van der Waals surface area contributed by atoms with E-state index >= 15 is 0 Å². The largest absolute Gasteiger partial charge is 0.377 e. The third-order valence-electron chi connectivity index (χ3n) is 1.60. The van der Waals surface area contributed by atoms with Crippen LogP contribution in [0.25, 0.3) is 0 Å². The first-order valence-electron chi connectivity index (χ1n) is 3.21. The molecule has 9 heavy (non-hydrogen) atoms. The van der Waals surface area contributed by atoms with E-state index in [-0.39, 0.29) is 0 Å². The Morgan fingerprint density at radius 1 is 1.78 bits per heavy atom. The van der Waals surface area contributed by atoms with Crippen molar-refractivity contribution in [3.05, 3.63) is 24.3 Å². The molecular weight excluding hydrogens is 112 g/mol. The summed E-state index contributed by atoms with van der Waals surface area (Å²) < 4.78 is 5.11. The Morgan fingerprint density at radius 3 is 3.00 bits per heavy atom. The lowest BCUT2D eigenvalue weighted by Crippen LogP contribution is -2.09. The molecule has 0 aromatic heterocycles. The molecule has 1 atom stereocenters. The molecule has 0 bridgehead atoms. The van der Waals surface area contributed by atoms with E-state index in [1.165, 1.54) is 5.57 Å². The third kappa shape index (κ3) is 1.68. The van der Waals surface area contributed by atoms with Gasteiger partial charge in [0.25, 0.3) is 0 Å². The zero-order valence-electron chi connectivity index (χ0n) is 5.76. The molecule has 0 amide bonds. The molecule has 0 radical (unpaired) electrons. The SMILES string of the molecule is C=C1C=CC(OC)CC1. The third-order valence-corrected chi connectivity index (χ3v) is 1.60. The molecule has 0 N–H and O–H groups in total. The molecule has 0 saturated heterocycles. The van der Waals surface area contributed by atoms with Crippen LogP contribution in [0, 0.1) is 0 Å². The molecule has 0 fully saturated rings. The summed E-state index contributed by atoms with van der Waals surface area (Å²) in [7, 11) is 1.74. The molecule has 1 aliphatic carbocycles. The standard InChI is InChI=1S/C8H12O/c1-7-3-5-8(9-2)6-4-7/h3,5,8H,1,4,6H2,2H3. The molecule has 50 valence electrons. The number of allylic oxidation sites excluding steroid dienone is 2. The quantitative estimate of drug-likeness (QED) is 0.518. The molecule has 1 heteroatoms. The van der Waals surface area contributed by atoms with Crippen molar-refractivity contribution in [1.82, 2.24) is 0 Å². The van der Waals surface area contributed by atoms with Crippen molar-refractivity contribution in [2.75, 3.05) is 7.11 Å². The smallest absolute Gasteiger partial charge is 0.0758 e. The van der Waals surface area contributed by atoms with Gasteiger partial charge >= 0.3 is 0 Å². The highest BCUT2D eigenvalue weighted by atomic mass is 16.5. The first-order valence-corrected chi connectivity index (χ1v) is 3.21. The molecule has 1 rings (SSSR count). The van der Waals surface area contributed by atoms with Crippen LogP contribution in [0.1, 0.15) is 12.8 Å². The maximum atomic E-state index is 5.11. The molecule has 0 aromatic carbocycles. The molecule has 0 saturated carbocycles. The Morgan fingerprint density at radius 2 is 2.56 bits per heavy atom. The minimum Gasteiger partial charge on any atom is -0.377 e. The summed E-state index contributed by atoms with van der Waals surface area (Å²) in [6.45, 7) is 3.84. The molecule has 0 aliphatic heterocycles. The Labute approximate surface area is 56.0 Å². The van der Waals surface area contributed by atoms with E-state index < -0.39 is 0 Å². The van der Waals surface area contributed by atoms with Gasteiger partial charge in [0.1, 0.15) is 0 Å². The van der Waals surface area contributed by atoms with Gasteiger partial charge in [0, 0.05) is 7.11 Å². The number of hydrogen-bond acceptors (Lipinski definition) is 1. The number of hydrogen-bond donors (Lipinski definition) is 0. The van der Waals surface area contributed by atoms with Crippen molar-refractivity contribution in [3.8, 4) is 0 Å². The Balaban J connectivity index is 2.48. The highest BCUT2D eigenvalue weighted by Gasteiger charge is 2.06. The number of rotatable bonds is 1. The normalized spacial score (nSPS) is 26.8. The summed E-state index contributed by atoms with van der Waals surface area (Å²) in [5, 5.41) is 0. The Kier molecular flexibility index (Phi) is 2.06. The van der Waals surface area contributed by atoms with E-state index in [0.717, 1.165) is 12.8 Å². The van der Waals surface area contributed by atoms with Gasteiger partial charge in [-0.2, -0.15) is 0 Å². The predicted octanol–water partition coefficient (Wildman–Crippen LogP) is 1.91. The molecule has 0 aromatic rings. The Bertz CT molecular complexity index is 136. The van der Waals surface area contributed by atoms with Crippen molar-refractivity contribution < 1.29 is 4.74 Å². The number of ether oxygens (including phenoxy) is 1. The van der Waals surface area contributed by atoms with Crippen molar-refractivity contribution in [2.24, 2.45) is 0 Å². The van der Waals surface area contributed by atoms with Crippen LogP contribution >= 0.6 is 0 Å². The van der Waals surface area contributed by atoms with Crippen LogP contribution < -0.4 is 0 Å². The Hall–Kier alpha value is -0.560. The van der Waals surface area contributed by atoms with Crippen LogP contribution in [-0.2, 0) is 4.74 Å². The summed E-state index contributed by atoms with van der Waals surface area (Å²) in [6.07, 6.45) is 6.60. The highest BCUT2D eigenvalue weighted by molar-refractivity contribution is 5.19. The summed E-state index contributed by atoms with van der Waals surface area (Å²) >= 11 is 0. The second-order valence-corrected chi connectivity index (χ2v) is 2.33. The predicted molar refractivity (Wildman–Crippen MR) is 38.3 cm³/mol. The van der Waals surface area contributed by atoms with Crippen molar-refractivity contribution >= 4 is 0 Å². The van der Waals surface area contributed by atoms with Gasteiger partial charge < -0.3 is 4.74 Å². The van der Waals surface area contributed by atoms with Crippen molar-refractivity contribution in [2.45, 2.75) is 18.9 Å². The van der Waals surface area contributed by atoms with E-state index in [1.54, 1.807) is 7.11 Å². The van der Waals surface area contributed by atoms with E-state index in [9.17, 15) is 0 Å². The fourth-order valence-electron chi connectivity index (χ4n) is 0.947. The average Bonchev–Trinajstić information content (AvgIpc) is 1.90. The maximum absolute atomic E-state index is 5.11. The zero-order chi connectivity index (χ0) is 6.69. The second kappa shape index (κ2) is 2.83. The lowest BCUT2D eigenvalue weighted by molar-refractivity contribution is 0.131. The van der Waals surface area contributed by atoms with E-state index in [2.05, 4.69) is 12.7 Å². The molecule has 1 nitrogen and oxygen atoms in total. The van der Waals surface area contributed by atoms with Gasteiger partial charge in [0.15, 0.2) is 0 Å². The van der Waals surface area contributed by atoms with E-state index in [1.807, 2.05) is 6.08 Å². The van der Waals surface area contributed by atoms with Gasteiger partial charge in [0.2, 0.25) is 0 Å². The molecule has 1 aliphatic rings. The minimum absolute atomic E-state index is 0.329. The summed E-state index contributed by atoms with van der Waals surface area (Å²) in [5.74, 6) is 0. The fraction of sp³-hybridized carbons (Fsp3) is 0.500. The summed E-state index contributed by atoms with van der Waals surface area (Å²) in [4.78, 5) is 0. The van der Waals surface area contributed by atoms with Crippen LogP contribution in [0.3, 0.4) is 0 Å². The molecular formula is C8H12O. The van der Waals surface area contributed by atoms with E-state index in [4.69, 9.17) is 4.74 Å². The van der Waals surface area contributed by atoms with Gasteiger partial charge in [-0.25, -0.2) is 0 Å². The molecule has 1 unspecified atom stereocenters. The van der Waals surface area contributed by atoms with Gasteiger partial charge in [-0.15, -0.1) is 0 Å². The summed E-state index contributed by atoms with van der Waals surface area (Å²) in [6, 6.07) is 0. The monoisotopic (exact) mass is 124 g/mol. The van der Waals surface area contributed by atoms with Crippen LogP contribution in [-0.4, -0.2) is 13.2 Å². The van der Waals surface area contributed by atoms with Gasteiger partial charge in [-0.05, 0) is 12.8 Å². The first-order chi connectivity index (χ1) is 4.33. The summed E-state index contributed by atoms with van der Waals surface area (Å²) in [5.41, 5.74) is 1.21. The van der Waals surface area contributed by atoms with Gasteiger partial charge in [-0.1, -0.05) is 24.3 Å². The van der Waals surface area contributed by atoms with Crippen molar-refractivity contribution in [1.29, 1.82) is 0 Å².